The second-order valence-corrected chi connectivity index (χ2v) is 3.70. The van der Waals surface area contributed by atoms with Crippen molar-refractivity contribution in [2.45, 2.75) is 0 Å². The Labute approximate surface area is 87.9 Å². The quantitative estimate of drug-likeness (QED) is 0.305. The molecule has 0 saturated carbocycles. The largest absolute Gasteiger partial charge is 0.461 e. The van der Waals surface area contributed by atoms with Crippen molar-refractivity contribution in [3.63, 3.8) is 0 Å². The molecule has 2 N–H and O–H groups in total. The first-order valence-corrected chi connectivity index (χ1v) is 5.46. The maximum atomic E-state index is 10.9. The molecular weight excluding hydrogens is 226 g/mol. The molecule has 8 heteroatoms. The second kappa shape index (κ2) is 7.35. The van der Waals surface area contributed by atoms with Crippen LogP contribution in [0.15, 0.2) is 12.7 Å². The number of rotatable bonds is 8. The van der Waals surface area contributed by atoms with Crippen LogP contribution in [0, 0.1) is 0 Å². The Bertz CT molecular complexity index is 299. The highest BCUT2D eigenvalue weighted by Gasteiger charge is 2.09. The summed E-state index contributed by atoms with van der Waals surface area (Å²) in [5.41, 5.74) is 0. The lowest BCUT2D eigenvalue weighted by Gasteiger charge is -2.05. The molecule has 0 aliphatic heterocycles. The summed E-state index contributed by atoms with van der Waals surface area (Å²) >= 11 is 0. The van der Waals surface area contributed by atoms with Crippen LogP contribution in [-0.2, 0) is 24.0 Å². The van der Waals surface area contributed by atoms with Crippen LogP contribution >= 0.6 is 0 Å². The molecule has 0 heterocycles. The number of carbonyl (C=O) groups excluding carboxylic acids is 1. The Balaban J connectivity index is 3.66. The van der Waals surface area contributed by atoms with Gasteiger partial charge in [-0.05, 0) is 0 Å². The van der Waals surface area contributed by atoms with Gasteiger partial charge in [0.2, 0.25) is 0 Å². The lowest BCUT2D eigenvalue weighted by Crippen LogP contribution is -2.30. The van der Waals surface area contributed by atoms with Gasteiger partial charge >= 0.3 is 16.3 Å². The van der Waals surface area contributed by atoms with Crippen molar-refractivity contribution >= 4 is 16.3 Å². The van der Waals surface area contributed by atoms with Crippen molar-refractivity contribution in [3.8, 4) is 0 Å². The third-order valence-electron chi connectivity index (χ3n) is 1.12. The lowest BCUT2D eigenvalue weighted by atomic mass is 10.6. The van der Waals surface area contributed by atoms with Crippen LogP contribution in [0.5, 0.6) is 0 Å². The molecule has 0 aromatic heterocycles. The summed E-state index contributed by atoms with van der Waals surface area (Å²) in [5, 5.41) is 8.31. The smallest absolute Gasteiger partial charge is 0.336 e. The molecule has 15 heavy (non-hydrogen) atoms. The van der Waals surface area contributed by atoms with Gasteiger partial charge in [0.05, 0.1) is 13.2 Å². The van der Waals surface area contributed by atoms with Crippen molar-refractivity contribution in [2.24, 2.45) is 0 Å². The SMILES string of the molecule is C=CC(=O)OCCNS(=O)(=O)OCCO. The van der Waals surface area contributed by atoms with Gasteiger partial charge in [0.1, 0.15) is 6.61 Å². The van der Waals surface area contributed by atoms with Gasteiger partial charge in [-0.3, -0.25) is 4.18 Å². The Hall–Kier alpha value is -0.960. The summed E-state index contributed by atoms with van der Waals surface area (Å²) < 4.78 is 32.6. The zero-order valence-electron chi connectivity index (χ0n) is 8.01. The van der Waals surface area contributed by atoms with E-state index in [1.54, 1.807) is 0 Å². The number of hydrogen-bond donors (Lipinski definition) is 2. The Morgan fingerprint density at radius 2 is 2.13 bits per heavy atom. The average Bonchev–Trinajstić information content (AvgIpc) is 2.21. The van der Waals surface area contributed by atoms with Crippen molar-refractivity contribution in [1.82, 2.24) is 4.72 Å². The monoisotopic (exact) mass is 239 g/mol. The van der Waals surface area contributed by atoms with E-state index in [9.17, 15) is 13.2 Å². The normalized spacial score (nSPS) is 11.0. The van der Waals surface area contributed by atoms with Gasteiger partial charge in [0.25, 0.3) is 0 Å². The van der Waals surface area contributed by atoms with Crippen molar-refractivity contribution < 1.29 is 27.2 Å². The molecule has 0 unspecified atom stereocenters. The highest BCUT2D eigenvalue weighted by molar-refractivity contribution is 7.84. The number of ether oxygens (including phenoxy) is 1. The summed E-state index contributed by atoms with van der Waals surface area (Å²) in [6.07, 6.45) is 0.969. The second-order valence-electron chi connectivity index (χ2n) is 2.27. The molecule has 0 aromatic rings. The molecule has 0 atom stereocenters. The van der Waals surface area contributed by atoms with Crippen molar-refractivity contribution in [1.29, 1.82) is 0 Å². The van der Waals surface area contributed by atoms with E-state index >= 15 is 0 Å². The van der Waals surface area contributed by atoms with Gasteiger partial charge in [-0.2, -0.15) is 13.1 Å². The standard InChI is InChI=1S/C7H13NO6S/c1-2-7(10)13-5-3-8-15(11,12)14-6-4-9/h2,8-9H,1,3-6H2. The lowest BCUT2D eigenvalue weighted by molar-refractivity contribution is -0.137. The number of aliphatic hydroxyl groups is 1. The summed E-state index contributed by atoms with van der Waals surface area (Å²) in [4.78, 5) is 10.5. The molecule has 0 amide bonds. The van der Waals surface area contributed by atoms with E-state index in [0.717, 1.165) is 6.08 Å². The van der Waals surface area contributed by atoms with Crippen LogP contribution in [0.4, 0.5) is 0 Å². The summed E-state index contributed by atoms with van der Waals surface area (Å²) in [7, 11) is -3.88. The fourth-order valence-corrected chi connectivity index (χ4v) is 1.28. The third kappa shape index (κ3) is 8.06. The van der Waals surface area contributed by atoms with Gasteiger partial charge in [-0.25, -0.2) is 4.79 Å². The van der Waals surface area contributed by atoms with Crippen molar-refractivity contribution in [2.75, 3.05) is 26.4 Å². The van der Waals surface area contributed by atoms with Gasteiger partial charge < -0.3 is 9.84 Å². The fraction of sp³-hybridized carbons (Fsp3) is 0.571. The Kier molecular flexibility index (Phi) is 6.88. The summed E-state index contributed by atoms with van der Waals surface area (Å²) in [5.74, 6) is -0.634. The molecule has 0 fully saturated rings. The van der Waals surface area contributed by atoms with Crippen LogP contribution in [0.2, 0.25) is 0 Å². The minimum Gasteiger partial charge on any atom is -0.461 e. The van der Waals surface area contributed by atoms with Crippen LogP contribution in [-0.4, -0.2) is 45.9 Å². The topological polar surface area (TPSA) is 102 Å². The number of hydrogen-bond acceptors (Lipinski definition) is 6. The minimum absolute atomic E-state index is 0.104. The molecule has 88 valence electrons. The van der Waals surface area contributed by atoms with E-state index < -0.39 is 22.9 Å². The predicted molar refractivity (Wildman–Crippen MR) is 51.1 cm³/mol. The maximum Gasteiger partial charge on any atom is 0.336 e. The van der Waals surface area contributed by atoms with E-state index in [4.69, 9.17) is 5.11 Å². The number of carbonyl (C=O) groups is 1. The molecule has 0 aliphatic carbocycles. The molecule has 0 aliphatic rings. The number of aliphatic hydroxyl groups excluding tert-OH is 1. The van der Waals surface area contributed by atoms with Gasteiger partial charge in [0.15, 0.2) is 0 Å². The van der Waals surface area contributed by atoms with Crippen LogP contribution in [0.25, 0.3) is 0 Å². The molecule has 0 saturated heterocycles. The highest BCUT2D eigenvalue weighted by atomic mass is 32.2. The van der Waals surface area contributed by atoms with E-state index in [2.05, 4.69) is 15.5 Å². The van der Waals surface area contributed by atoms with Crippen LogP contribution < -0.4 is 4.72 Å². The zero-order valence-corrected chi connectivity index (χ0v) is 8.83. The molecule has 7 nitrogen and oxygen atoms in total. The van der Waals surface area contributed by atoms with Crippen LogP contribution in [0.3, 0.4) is 0 Å². The maximum absolute atomic E-state index is 10.9. The molecule has 0 aromatic carbocycles. The molecule has 0 radical (unpaired) electrons. The van der Waals surface area contributed by atoms with Gasteiger partial charge in [-0.1, -0.05) is 6.58 Å². The number of nitrogens with one attached hydrogen (secondary N) is 1. The Morgan fingerprint density at radius 1 is 1.47 bits per heavy atom. The van der Waals surface area contributed by atoms with Gasteiger partial charge in [-0.15, -0.1) is 0 Å². The first kappa shape index (κ1) is 14.0. The fourth-order valence-electron chi connectivity index (χ4n) is 0.566. The van der Waals surface area contributed by atoms with Gasteiger partial charge in [0, 0.05) is 12.6 Å². The molecular formula is C7H13NO6S. The van der Waals surface area contributed by atoms with Crippen molar-refractivity contribution in [3.05, 3.63) is 12.7 Å². The average molecular weight is 239 g/mol. The van der Waals surface area contributed by atoms with E-state index in [0.29, 0.717) is 0 Å². The van der Waals surface area contributed by atoms with E-state index in [1.807, 2.05) is 4.72 Å². The summed E-state index contributed by atoms with van der Waals surface area (Å²) in [6.45, 7) is 2.23. The molecule has 0 rings (SSSR count). The number of esters is 1. The van der Waals surface area contributed by atoms with E-state index in [-0.39, 0.29) is 19.8 Å². The zero-order chi connectivity index (χ0) is 11.7. The minimum atomic E-state index is -3.88. The third-order valence-corrected chi connectivity index (χ3v) is 2.16. The molecule has 0 spiro atoms. The Morgan fingerprint density at radius 3 is 2.67 bits per heavy atom. The predicted octanol–water partition coefficient (Wildman–Crippen LogP) is -1.44. The summed E-state index contributed by atoms with van der Waals surface area (Å²) in [6, 6.07) is 0. The first-order valence-electron chi connectivity index (χ1n) is 4.06. The van der Waals surface area contributed by atoms with E-state index in [1.165, 1.54) is 0 Å². The molecule has 0 bridgehead atoms. The first-order chi connectivity index (χ1) is 7.02. The van der Waals surface area contributed by atoms with Crippen LogP contribution in [0.1, 0.15) is 0 Å². The highest BCUT2D eigenvalue weighted by Crippen LogP contribution is 1.86.